The highest BCUT2D eigenvalue weighted by Crippen LogP contribution is 2.37. The summed E-state index contributed by atoms with van der Waals surface area (Å²) in [6.07, 6.45) is 2.09. The molecule has 0 unspecified atom stereocenters. The van der Waals surface area contributed by atoms with E-state index in [0.717, 1.165) is 49.6 Å². The molecule has 0 N–H and O–H groups in total. The first kappa shape index (κ1) is 20.6. The summed E-state index contributed by atoms with van der Waals surface area (Å²) >= 11 is 0. The lowest BCUT2D eigenvalue weighted by molar-refractivity contribution is -0.516. The average molecular weight is 436 g/mol. The molecule has 162 valence electrons. The van der Waals surface area contributed by atoms with Gasteiger partial charge in [0.1, 0.15) is 5.75 Å². The molecule has 0 bridgehead atoms. The van der Waals surface area contributed by atoms with E-state index in [1.54, 1.807) is 21.3 Å². The van der Waals surface area contributed by atoms with Crippen LogP contribution in [0.25, 0.3) is 38.2 Å². The van der Waals surface area contributed by atoms with Crippen LogP contribution in [0.2, 0.25) is 0 Å². The maximum absolute atomic E-state index is 9.15. The topological polar surface area (TPSA) is 55.6 Å². The molecule has 2 heterocycles. The highest BCUT2D eigenvalue weighted by molar-refractivity contribution is 6.01. The lowest BCUT2D eigenvalue weighted by Gasteiger charge is -2.12. The minimum Gasteiger partial charge on any atom is -0.496 e. The van der Waals surface area contributed by atoms with Crippen LogP contribution in [0.3, 0.4) is 0 Å². The zero-order valence-electron chi connectivity index (χ0n) is 19.0. The summed E-state index contributed by atoms with van der Waals surface area (Å²) < 4.78 is 19.0. The van der Waals surface area contributed by atoms with E-state index >= 15 is 0 Å². The molecule has 0 aliphatic heterocycles. The van der Waals surface area contributed by atoms with E-state index in [-0.39, 0.29) is 0 Å². The smallest absolute Gasteiger partial charge is 0.219 e. The Hall–Kier alpha value is -4.30. The number of aromatic nitrogens is 1. The maximum Gasteiger partial charge on any atom is 0.219 e. The van der Waals surface area contributed by atoms with Crippen LogP contribution in [0.4, 0.5) is 0 Å². The van der Waals surface area contributed by atoms with Gasteiger partial charge in [0.05, 0.1) is 43.7 Å². The zero-order chi connectivity index (χ0) is 23.1. The Labute approximate surface area is 192 Å². The van der Waals surface area contributed by atoms with Crippen molar-refractivity contribution in [1.29, 1.82) is 5.26 Å². The number of hydrogen-bond donors (Lipinski definition) is 0. The second-order valence-electron chi connectivity index (χ2n) is 7.92. The minimum atomic E-state index is 0.631. The van der Waals surface area contributed by atoms with E-state index in [1.807, 2.05) is 36.4 Å². The van der Waals surface area contributed by atoms with Crippen molar-refractivity contribution in [2.24, 2.45) is 0 Å². The predicted octanol–water partition coefficient (Wildman–Crippen LogP) is 5.60. The summed E-state index contributed by atoms with van der Waals surface area (Å²) in [6, 6.07) is 22.3. The Morgan fingerprint density at radius 1 is 0.727 bits per heavy atom. The number of rotatable bonds is 4. The predicted molar refractivity (Wildman–Crippen MR) is 129 cm³/mol. The number of hydrogen-bond acceptors (Lipinski definition) is 4. The molecular formula is C28H23N2O3+. The normalized spacial score (nSPS) is 11.0. The molecule has 0 spiro atoms. The monoisotopic (exact) mass is 435 g/mol. The standard InChI is InChI=1S/C28H23N2O3/c1-17-22-15-28(33-4)27(32-3)13-21(22)11-25-23-14-24(19-7-5-18(16-29)6-8-19)26(31-2)12-20(23)9-10-30(17)25/h5-15H,1-4H3/q+1. The van der Waals surface area contributed by atoms with Crippen LogP contribution in [0, 0.1) is 18.3 Å². The van der Waals surface area contributed by atoms with Crippen LogP contribution in [0.15, 0.2) is 66.9 Å². The molecule has 2 aromatic heterocycles. The molecule has 0 atom stereocenters. The van der Waals surface area contributed by atoms with Crippen LogP contribution >= 0.6 is 0 Å². The summed E-state index contributed by atoms with van der Waals surface area (Å²) in [7, 11) is 4.98. The van der Waals surface area contributed by atoms with Crippen molar-refractivity contribution < 1.29 is 18.6 Å². The fourth-order valence-electron chi connectivity index (χ4n) is 4.48. The second kappa shape index (κ2) is 7.99. The van der Waals surface area contributed by atoms with Crippen molar-refractivity contribution >= 4 is 27.1 Å². The molecule has 5 rings (SSSR count). The van der Waals surface area contributed by atoms with Crippen molar-refractivity contribution in [3.63, 3.8) is 0 Å². The summed E-state index contributed by atoms with van der Waals surface area (Å²) in [6.45, 7) is 2.11. The van der Waals surface area contributed by atoms with Gasteiger partial charge in [-0.3, -0.25) is 0 Å². The fourth-order valence-corrected chi connectivity index (χ4v) is 4.48. The lowest BCUT2D eigenvalue weighted by atomic mass is 9.98. The lowest BCUT2D eigenvalue weighted by Crippen LogP contribution is -2.25. The first-order valence-electron chi connectivity index (χ1n) is 10.6. The highest BCUT2D eigenvalue weighted by atomic mass is 16.5. The van der Waals surface area contributed by atoms with Gasteiger partial charge in [-0.25, -0.2) is 0 Å². The van der Waals surface area contributed by atoms with Crippen molar-refractivity contribution in [1.82, 2.24) is 0 Å². The molecule has 0 fully saturated rings. The van der Waals surface area contributed by atoms with E-state index in [9.17, 15) is 0 Å². The summed E-state index contributed by atoms with van der Waals surface area (Å²) in [5, 5.41) is 13.5. The van der Waals surface area contributed by atoms with Gasteiger partial charge in [0.25, 0.3) is 0 Å². The molecule has 0 radical (unpaired) electrons. The van der Waals surface area contributed by atoms with Crippen LogP contribution in [-0.4, -0.2) is 21.3 Å². The van der Waals surface area contributed by atoms with E-state index in [4.69, 9.17) is 19.5 Å². The number of nitrogens with zero attached hydrogens (tertiary/aromatic N) is 2. The third kappa shape index (κ3) is 3.28. The molecule has 0 saturated carbocycles. The van der Waals surface area contributed by atoms with Crippen molar-refractivity contribution in [2.45, 2.75) is 6.92 Å². The number of methoxy groups -OCH3 is 3. The van der Waals surface area contributed by atoms with Crippen LogP contribution in [0.5, 0.6) is 17.2 Å². The number of ether oxygens (including phenoxy) is 3. The van der Waals surface area contributed by atoms with Gasteiger partial charge in [0.2, 0.25) is 5.52 Å². The van der Waals surface area contributed by atoms with E-state index in [1.165, 1.54) is 0 Å². The van der Waals surface area contributed by atoms with Gasteiger partial charge in [-0.05, 0) is 52.7 Å². The highest BCUT2D eigenvalue weighted by Gasteiger charge is 2.19. The van der Waals surface area contributed by atoms with Gasteiger partial charge >= 0.3 is 0 Å². The van der Waals surface area contributed by atoms with Crippen molar-refractivity contribution in [3.05, 3.63) is 78.1 Å². The summed E-state index contributed by atoms with van der Waals surface area (Å²) in [5.74, 6) is 2.20. The number of nitriles is 1. The zero-order valence-corrected chi connectivity index (χ0v) is 19.0. The molecule has 33 heavy (non-hydrogen) atoms. The Kier molecular flexibility index (Phi) is 4.99. The summed E-state index contributed by atoms with van der Waals surface area (Å²) in [5.41, 5.74) is 4.81. The van der Waals surface area contributed by atoms with E-state index in [2.05, 4.69) is 47.9 Å². The largest absolute Gasteiger partial charge is 0.496 e. The van der Waals surface area contributed by atoms with E-state index < -0.39 is 0 Å². The van der Waals surface area contributed by atoms with Crippen LogP contribution < -0.4 is 18.6 Å². The van der Waals surface area contributed by atoms with Gasteiger partial charge in [0.15, 0.2) is 23.4 Å². The van der Waals surface area contributed by atoms with Crippen molar-refractivity contribution in [2.75, 3.05) is 21.3 Å². The summed E-state index contributed by atoms with van der Waals surface area (Å²) in [4.78, 5) is 0. The van der Waals surface area contributed by atoms with Gasteiger partial charge < -0.3 is 14.2 Å². The van der Waals surface area contributed by atoms with Gasteiger partial charge in [0, 0.05) is 24.6 Å². The third-order valence-corrected chi connectivity index (χ3v) is 6.23. The molecule has 5 aromatic rings. The molecule has 0 amide bonds. The quantitative estimate of drug-likeness (QED) is 0.209. The molecule has 0 saturated heterocycles. The number of benzene rings is 3. The van der Waals surface area contributed by atoms with Crippen molar-refractivity contribution in [3.8, 4) is 34.4 Å². The average Bonchev–Trinajstić information content (AvgIpc) is 2.87. The molecular weight excluding hydrogens is 412 g/mol. The minimum absolute atomic E-state index is 0.631. The number of fused-ring (bicyclic) bond motifs is 4. The van der Waals surface area contributed by atoms with Gasteiger partial charge in [-0.2, -0.15) is 9.66 Å². The Bertz CT molecular complexity index is 1580. The molecule has 5 nitrogen and oxygen atoms in total. The molecule has 3 aromatic carbocycles. The van der Waals surface area contributed by atoms with E-state index in [0.29, 0.717) is 17.1 Å². The third-order valence-electron chi connectivity index (χ3n) is 6.23. The fraction of sp³-hybridized carbons (Fsp3) is 0.143. The Morgan fingerprint density at radius 3 is 2.06 bits per heavy atom. The number of pyridine rings is 2. The Morgan fingerprint density at radius 2 is 1.39 bits per heavy atom. The number of aryl methyl sites for hydroxylation is 1. The van der Waals surface area contributed by atoms with Crippen LogP contribution in [-0.2, 0) is 0 Å². The second-order valence-corrected chi connectivity index (χ2v) is 7.92. The molecule has 0 aliphatic carbocycles. The van der Waals surface area contributed by atoms with Gasteiger partial charge in [-0.15, -0.1) is 0 Å². The maximum atomic E-state index is 9.15. The molecule has 0 aliphatic rings. The first-order valence-corrected chi connectivity index (χ1v) is 10.6. The SMILES string of the molecule is COc1cc2cc3c4cc(-c5ccc(C#N)cc5)c(OC)cc4cc[n+]3c(C)c2cc1OC. The van der Waals surface area contributed by atoms with Gasteiger partial charge in [-0.1, -0.05) is 12.1 Å². The first-order chi connectivity index (χ1) is 16.1. The Balaban J connectivity index is 1.84. The van der Waals surface area contributed by atoms with Crippen LogP contribution in [0.1, 0.15) is 11.3 Å². The molecule has 5 heteroatoms.